The van der Waals surface area contributed by atoms with Gasteiger partial charge in [0.15, 0.2) is 5.84 Å². The first-order valence-corrected chi connectivity index (χ1v) is 2.85. The van der Waals surface area contributed by atoms with Gasteiger partial charge in [0, 0.05) is 0 Å². The number of nitrogens with zero attached hydrogens (tertiary/aromatic N) is 1. The summed E-state index contributed by atoms with van der Waals surface area (Å²) in [7, 11) is 0. The Kier molecular flexibility index (Phi) is 1.28. The summed E-state index contributed by atoms with van der Waals surface area (Å²) < 4.78 is 0. The molecule has 1 rings (SSSR count). The SMILES string of the molecule is N/C(=N/O)C1(C(=O)O)CC1. The third-order valence-electron chi connectivity index (χ3n) is 1.76. The van der Waals surface area contributed by atoms with Crippen LogP contribution in [0, 0.1) is 5.41 Å². The van der Waals surface area contributed by atoms with E-state index in [1.807, 2.05) is 0 Å². The van der Waals surface area contributed by atoms with E-state index in [2.05, 4.69) is 5.16 Å². The molecule has 0 bridgehead atoms. The van der Waals surface area contributed by atoms with Gasteiger partial charge in [0.1, 0.15) is 5.41 Å². The van der Waals surface area contributed by atoms with Crippen molar-refractivity contribution in [3.05, 3.63) is 0 Å². The van der Waals surface area contributed by atoms with E-state index in [0.717, 1.165) is 0 Å². The number of aliphatic carboxylic acids is 1. The van der Waals surface area contributed by atoms with Crippen LogP contribution < -0.4 is 5.73 Å². The molecule has 0 unspecified atom stereocenters. The van der Waals surface area contributed by atoms with Gasteiger partial charge >= 0.3 is 5.97 Å². The zero-order valence-electron chi connectivity index (χ0n) is 5.24. The lowest BCUT2D eigenvalue weighted by Gasteiger charge is -2.04. The van der Waals surface area contributed by atoms with Gasteiger partial charge in [-0.25, -0.2) is 0 Å². The van der Waals surface area contributed by atoms with E-state index in [1.165, 1.54) is 0 Å². The lowest BCUT2D eigenvalue weighted by molar-refractivity contribution is -0.140. The molecular formula is C5H8N2O3. The number of carbonyl (C=O) groups is 1. The van der Waals surface area contributed by atoms with E-state index in [9.17, 15) is 4.79 Å². The van der Waals surface area contributed by atoms with Crippen LogP contribution in [-0.4, -0.2) is 22.1 Å². The molecule has 1 fully saturated rings. The fraction of sp³-hybridized carbons (Fsp3) is 0.600. The van der Waals surface area contributed by atoms with Crippen molar-refractivity contribution in [2.24, 2.45) is 16.3 Å². The van der Waals surface area contributed by atoms with Gasteiger partial charge in [-0.1, -0.05) is 5.16 Å². The van der Waals surface area contributed by atoms with Gasteiger partial charge in [0.05, 0.1) is 0 Å². The van der Waals surface area contributed by atoms with Crippen molar-refractivity contribution in [3.8, 4) is 0 Å². The largest absolute Gasteiger partial charge is 0.480 e. The molecule has 5 nitrogen and oxygen atoms in total. The molecule has 56 valence electrons. The molecule has 0 aromatic carbocycles. The minimum Gasteiger partial charge on any atom is -0.480 e. The monoisotopic (exact) mass is 144 g/mol. The minimum absolute atomic E-state index is 0.194. The topological polar surface area (TPSA) is 95.9 Å². The Morgan fingerprint density at radius 2 is 2.10 bits per heavy atom. The van der Waals surface area contributed by atoms with Crippen LogP contribution in [0.2, 0.25) is 0 Å². The predicted molar refractivity (Wildman–Crippen MR) is 32.7 cm³/mol. The third kappa shape index (κ3) is 0.706. The lowest BCUT2D eigenvalue weighted by Crippen LogP contribution is -2.32. The van der Waals surface area contributed by atoms with E-state index < -0.39 is 11.4 Å². The summed E-state index contributed by atoms with van der Waals surface area (Å²) in [6.45, 7) is 0. The second kappa shape index (κ2) is 1.86. The van der Waals surface area contributed by atoms with Crippen molar-refractivity contribution < 1.29 is 15.1 Å². The van der Waals surface area contributed by atoms with Crippen molar-refractivity contribution in [3.63, 3.8) is 0 Å². The number of nitrogens with two attached hydrogens (primary N) is 1. The van der Waals surface area contributed by atoms with Crippen LogP contribution in [0.5, 0.6) is 0 Å². The molecule has 0 atom stereocenters. The summed E-state index contributed by atoms with van der Waals surface area (Å²) in [5.41, 5.74) is 4.09. The molecule has 10 heavy (non-hydrogen) atoms. The van der Waals surface area contributed by atoms with Crippen LogP contribution in [0.3, 0.4) is 0 Å². The first kappa shape index (κ1) is 6.85. The van der Waals surface area contributed by atoms with Gasteiger partial charge in [0.25, 0.3) is 0 Å². The van der Waals surface area contributed by atoms with Crippen molar-refractivity contribution in [2.75, 3.05) is 0 Å². The van der Waals surface area contributed by atoms with Crippen molar-refractivity contribution in [1.82, 2.24) is 0 Å². The third-order valence-corrected chi connectivity index (χ3v) is 1.76. The molecule has 1 aliphatic rings. The fourth-order valence-electron chi connectivity index (χ4n) is 0.800. The van der Waals surface area contributed by atoms with Gasteiger partial charge in [0.2, 0.25) is 0 Å². The molecule has 4 N–H and O–H groups in total. The Bertz CT molecular complexity index is 195. The lowest BCUT2D eigenvalue weighted by atomic mass is 10.1. The van der Waals surface area contributed by atoms with Crippen LogP contribution >= 0.6 is 0 Å². The molecule has 0 aliphatic heterocycles. The molecule has 0 aromatic heterocycles. The fourth-order valence-corrected chi connectivity index (χ4v) is 0.800. The summed E-state index contributed by atoms with van der Waals surface area (Å²) in [4.78, 5) is 10.4. The van der Waals surface area contributed by atoms with Crippen LogP contribution in [-0.2, 0) is 4.79 Å². The standard InChI is InChI=1S/C5H8N2O3/c6-3(7-10)5(1-2-5)4(8)9/h10H,1-2H2,(H2,6,7)(H,8,9). The molecule has 0 radical (unpaired) electrons. The number of amidine groups is 1. The average Bonchev–Trinajstić information content (AvgIpc) is 2.65. The van der Waals surface area contributed by atoms with Gasteiger partial charge in [-0.3, -0.25) is 4.79 Å². The second-order valence-electron chi connectivity index (χ2n) is 2.37. The maximum absolute atomic E-state index is 10.4. The first-order valence-electron chi connectivity index (χ1n) is 2.85. The van der Waals surface area contributed by atoms with Gasteiger partial charge in [-0.15, -0.1) is 0 Å². The molecule has 0 saturated heterocycles. The molecule has 0 heterocycles. The molecular weight excluding hydrogens is 136 g/mol. The highest BCUT2D eigenvalue weighted by Crippen LogP contribution is 2.45. The summed E-state index contributed by atoms with van der Waals surface area (Å²) >= 11 is 0. The molecule has 0 aromatic rings. The van der Waals surface area contributed by atoms with Crippen molar-refractivity contribution in [2.45, 2.75) is 12.8 Å². The number of hydrogen-bond acceptors (Lipinski definition) is 3. The smallest absolute Gasteiger partial charge is 0.317 e. The Hall–Kier alpha value is -1.26. The number of carboxylic acids is 1. The number of carboxylic acid groups (broad SMARTS) is 1. The zero-order valence-corrected chi connectivity index (χ0v) is 5.24. The molecule has 0 amide bonds. The number of oxime groups is 1. The average molecular weight is 144 g/mol. The first-order chi connectivity index (χ1) is 4.63. The summed E-state index contributed by atoms with van der Waals surface area (Å²) in [5, 5.41) is 19.3. The molecule has 1 aliphatic carbocycles. The highest BCUT2D eigenvalue weighted by molar-refractivity contribution is 6.06. The number of rotatable bonds is 2. The molecule has 5 heteroatoms. The zero-order chi connectivity index (χ0) is 7.78. The van der Waals surface area contributed by atoms with E-state index in [0.29, 0.717) is 12.8 Å². The predicted octanol–water partition coefficient (Wildman–Crippen LogP) is -0.402. The highest BCUT2D eigenvalue weighted by Gasteiger charge is 2.54. The van der Waals surface area contributed by atoms with E-state index in [4.69, 9.17) is 16.0 Å². The van der Waals surface area contributed by atoms with Gasteiger partial charge in [-0.2, -0.15) is 0 Å². The van der Waals surface area contributed by atoms with Crippen molar-refractivity contribution in [1.29, 1.82) is 0 Å². The van der Waals surface area contributed by atoms with Gasteiger partial charge in [-0.05, 0) is 12.8 Å². The maximum Gasteiger partial charge on any atom is 0.317 e. The van der Waals surface area contributed by atoms with Crippen LogP contribution in [0.1, 0.15) is 12.8 Å². The van der Waals surface area contributed by atoms with Gasteiger partial charge < -0.3 is 16.0 Å². The Balaban J connectivity index is 2.79. The van der Waals surface area contributed by atoms with Crippen LogP contribution in [0.25, 0.3) is 0 Å². The Morgan fingerprint density at radius 1 is 1.60 bits per heavy atom. The molecule has 0 spiro atoms. The summed E-state index contributed by atoms with van der Waals surface area (Å²) in [6, 6.07) is 0. The van der Waals surface area contributed by atoms with Crippen LogP contribution in [0.4, 0.5) is 0 Å². The van der Waals surface area contributed by atoms with Crippen molar-refractivity contribution >= 4 is 11.8 Å². The maximum atomic E-state index is 10.4. The summed E-state index contributed by atoms with van der Waals surface area (Å²) in [5.74, 6) is -1.21. The minimum atomic E-state index is -1.05. The van der Waals surface area contributed by atoms with E-state index in [1.54, 1.807) is 0 Å². The normalized spacial score (nSPS) is 22.2. The highest BCUT2D eigenvalue weighted by atomic mass is 16.4. The van der Waals surface area contributed by atoms with E-state index >= 15 is 0 Å². The molecule has 1 saturated carbocycles. The number of hydrogen-bond donors (Lipinski definition) is 3. The van der Waals surface area contributed by atoms with Crippen LogP contribution in [0.15, 0.2) is 5.16 Å². The second-order valence-corrected chi connectivity index (χ2v) is 2.37. The Morgan fingerprint density at radius 3 is 2.20 bits per heavy atom. The summed E-state index contributed by atoms with van der Waals surface area (Å²) in [6.07, 6.45) is 0.941. The van der Waals surface area contributed by atoms with E-state index in [-0.39, 0.29) is 5.84 Å². The quantitative estimate of drug-likeness (QED) is 0.212. The Labute approximate surface area is 57.1 Å².